The Kier molecular flexibility index (Phi) is 4.37. The molecule has 80 valence electrons. The van der Waals surface area contributed by atoms with Crippen LogP contribution >= 0.6 is 22.9 Å². The van der Waals surface area contributed by atoms with E-state index in [2.05, 4.69) is 4.72 Å². The van der Waals surface area contributed by atoms with Crippen molar-refractivity contribution in [3.63, 3.8) is 0 Å². The number of alkyl halides is 1. The summed E-state index contributed by atoms with van der Waals surface area (Å²) in [6.07, 6.45) is 0. The van der Waals surface area contributed by atoms with Gasteiger partial charge in [-0.05, 0) is 17.4 Å². The van der Waals surface area contributed by atoms with Crippen molar-refractivity contribution < 1.29 is 8.42 Å². The van der Waals surface area contributed by atoms with Gasteiger partial charge in [-0.1, -0.05) is 13.0 Å². The third kappa shape index (κ3) is 3.24. The van der Waals surface area contributed by atoms with Crippen LogP contribution in [0.4, 0.5) is 0 Å². The first-order valence-electron chi connectivity index (χ1n) is 4.15. The average molecular weight is 254 g/mol. The van der Waals surface area contributed by atoms with E-state index in [4.69, 9.17) is 11.6 Å². The summed E-state index contributed by atoms with van der Waals surface area (Å²) in [5, 5.41) is 1.74. The van der Waals surface area contributed by atoms with Crippen LogP contribution in [0.15, 0.2) is 21.7 Å². The molecule has 0 aromatic carbocycles. The predicted octanol–water partition coefficient (Wildman–Crippen LogP) is 1.90. The molecule has 0 amide bonds. The predicted molar refractivity (Wildman–Crippen MR) is 59.4 cm³/mol. The fourth-order valence-corrected chi connectivity index (χ4v) is 3.11. The Balaban J connectivity index is 2.60. The van der Waals surface area contributed by atoms with Crippen molar-refractivity contribution in [1.82, 2.24) is 4.72 Å². The highest BCUT2D eigenvalue weighted by molar-refractivity contribution is 7.91. The van der Waals surface area contributed by atoms with Crippen LogP contribution in [0.2, 0.25) is 0 Å². The zero-order valence-electron chi connectivity index (χ0n) is 7.73. The normalized spacial score (nSPS) is 14.1. The second-order valence-corrected chi connectivity index (χ2v) is 6.29. The summed E-state index contributed by atoms with van der Waals surface area (Å²) in [6.45, 7) is 2.27. The lowest BCUT2D eigenvalue weighted by atomic mass is 10.2. The Morgan fingerprint density at radius 1 is 1.64 bits per heavy atom. The smallest absolute Gasteiger partial charge is 0.210 e. The fraction of sp³-hybridized carbons (Fsp3) is 0.500. The molecule has 0 aliphatic heterocycles. The molecule has 0 spiro atoms. The topological polar surface area (TPSA) is 46.2 Å². The summed E-state index contributed by atoms with van der Waals surface area (Å²) in [4.78, 5) is 0. The summed E-state index contributed by atoms with van der Waals surface area (Å²) >= 11 is 6.78. The summed E-state index contributed by atoms with van der Waals surface area (Å²) < 4.78 is 26.0. The van der Waals surface area contributed by atoms with Crippen molar-refractivity contribution in [2.24, 2.45) is 5.92 Å². The minimum Gasteiger partial charge on any atom is -0.210 e. The Morgan fingerprint density at radius 3 is 2.86 bits per heavy atom. The molecule has 0 saturated carbocycles. The largest absolute Gasteiger partial charge is 0.250 e. The molecule has 0 saturated heterocycles. The molecular formula is C8H12ClNO2S2. The van der Waals surface area contributed by atoms with Gasteiger partial charge >= 0.3 is 0 Å². The van der Waals surface area contributed by atoms with Crippen LogP contribution < -0.4 is 4.72 Å². The molecule has 3 nitrogen and oxygen atoms in total. The maximum absolute atomic E-state index is 11.6. The summed E-state index contributed by atoms with van der Waals surface area (Å²) in [5.41, 5.74) is 0. The first-order chi connectivity index (χ1) is 6.56. The highest BCUT2D eigenvalue weighted by atomic mass is 35.5. The van der Waals surface area contributed by atoms with Gasteiger partial charge in [0.2, 0.25) is 10.0 Å². The molecule has 1 atom stereocenters. The van der Waals surface area contributed by atoms with Crippen LogP contribution in [-0.4, -0.2) is 20.8 Å². The van der Waals surface area contributed by atoms with Crippen LogP contribution in [0.5, 0.6) is 0 Å². The van der Waals surface area contributed by atoms with Crippen LogP contribution in [-0.2, 0) is 10.0 Å². The van der Waals surface area contributed by atoms with Crippen LogP contribution in [0.1, 0.15) is 6.92 Å². The fourth-order valence-electron chi connectivity index (χ4n) is 0.794. The lowest BCUT2D eigenvalue weighted by Gasteiger charge is -2.08. The third-order valence-electron chi connectivity index (χ3n) is 1.65. The highest BCUT2D eigenvalue weighted by Gasteiger charge is 2.15. The zero-order chi connectivity index (χ0) is 10.6. The van der Waals surface area contributed by atoms with Gasteiger partial charge in [0, 0.05) is 12.4 Å². The standard InChI is InChI=1S/C8H12ClNO2S2/c1-7(5-9)6-10-14(11,12)8-3-2-4-13-8/h2-4,7,10H,5-6H2,1H3. The van der Waals surface area contributed by atoms with E-state index >= 15 is 0 Å². The van der Waals surface area contributed by atoms with Crippen LogP contribution in [0.3, 0.4) is 0 Å². The average Bonchev–Trinajstić information content (AvgIpc) is 2.67. The first kappa shape index (κ1) is 12.0. The lowest BCUT2D eigenvalue weighted by molar-refractivity contribution is 0.563. The number of sulfonamides is 1. The van der Waals surface area contributed by atoms with Crippen molar-refractivity contribution >= 4 is 33.0 Å². The Labute approximate surface area is 93.1 Å². The van der Waals surface area contributed by atoms with E-state index in [0.717, 1.165) is 0 Å². The SMILES string of the molecule is CC(CCl)CNS(=O)(=O)c1cccs1. The van der Waals surface area contributed by atoms with Gasteiger partial charge in [0.05, 0.1) is 0 Å². The van der Waals surface area contributed by atoms with Gasteiger partial charge in [0.25, 0.3) is 0 Å². The van der Waals surface area contributed by atoms with Gasteiger partial charge in [0.15, 0.2) is 0 Å². The summed E-state index contributed by atoms with van der Waals surface area (Å²) in [7, 11) is -3.31. The molecule has 1 N–H and O–H groups in total. The number of nitrogens with one attached hydrogen (secondary N) is 1. The van der Waals surface area contributed by atoms with Gasteiger partial charge in [-0.3, -0.25) is 0 Å². The molecule has 0 bridgehead atoms. The number of halogens is 1. The van der Waals surface area contributed by atoms with Gasteiger partial charge in [-0.15, -0.1) is 22.9 Å². The molecule has 1 aromatic heterocycles. The highest BCUT2D eigenvalue weighted by Crippen LogP contribution is 2.15. The number of hydrogen-bond acceptors (Lipinski definition) is 3. The molecule has 0 aliphatic rings. The Hall–Kier alpha value is -0.100. The molecule has 6 heteroatoms. The van der Waals surface area contributed by atoms with Crippen molar-refractivity contribution in [3.8, 4) is 0 Å². The van der Waals surface area contributed by atoms with E-state index in [1.807, 2.05) is 6.92 Å². The lowest BCUT2D eigenvalue weighted by Crippen LogP contribution is -2.28. The van der Waals surface area contributed by atoms with E-state index < -0.39 is 10.0 Å². The van der Waals surface area contributed by atoms with Crippen LogP contribution in [0, 0.1) is 5.92 Å². The van der Waals surface area contributed by atoms with Gasteiger partial charge in [-0.2, -0.15) is 0 Å². The molecule has 0 fully saturated rings. The van der Waals surface area contributed by atoms with Crippen molar-refractivity contribution in [1.29, 1.82) is 0 Å². The van der Waals surface area contributed by atoms with Gasteiger partial charge < -0.3 is 0 Å². The van der Waals surface area contributed by atoms with Crippen LogP contribution in [0.25, 0.3) is 0 Å². The van der Waals surface area contributed by atoms with Gasteiger partial charge in [-0.25, -0.2) is 13.1 Å². The van der Waals surface area contributed by atoms with Crippen molar-refractivity contribution in [3.05, 3.63) is 17.5 Å². The van der Waals surface area contributed by atoms with E-state index in [9.17, 15) is 8.42 Å². The number of hydrogen-bond donors (Lipinski definition) is 1. The minimum atomic E-state index is -3.31. The molecule has 14 heavy (non-hydrogen) atoms. The zero-order valence-corrected chi connectivity index (χ0v) is 10.1. The minimum absolute atomic E-state index is 0.145. The summed E-state index contributed by atoms with van der Waals surface area (Å²) in [5.74, 6) is 0.596. The van der Waals surface area contributed by atoms with Crippen molar-refractivity contribution in [2.75, 3.05) is 12.4 Å². The number of thiophene rings is 1. The quantitative estimate of drug-likeness (QED) is 0.815. The van der Waals surface area contributed by atoms with Crippen molar-refractivity contribution in [2.45, 2.75) is 11.1 Å². The molecule has 1 unspecified atom stereocenters. The van der Waals surface area contributed by atoms with E-state index in [1.165, 1.54) is 11.3 Å². The van der Waals surface area contributed by atoms with E-state index in [0.29, 0.717) is 16.6 Å². The van der Waals surface area contributed by atoms with E-state index in [1.54, 1.807) is 17.5 Å². The maximum atomic E-state index is 11.6. The first-order valence-corrected chi connectivity index (χ1v) is 7.05. The molecule has 1 heterocycles. The van der Waals surface area contributed by atoms with Gasteiger partial charge in [0.1, 0.15) is 4.21 Å². The molecule has 0 radical (unpaired) electrons. The molecule has 0 aliphatic carbocycles. The Bertz CT molecular complexity index is 361. The monoisotopic (exact) mass is 253 g/mol. The second kappa shape index (κ2) is 5.11. The number of rotatable bonds is 5. The summed E-state index contributed by atoms with van der Waals surface area (Å²) in [6, 6.07) is 3.29. The third-order valence-corrected chi connectivity index (χ3v) is 4.99. The van der Waals surface area contributed by atoms with E-state index in [-0.39, 0.29) is 5.92 Å². The molecule has 1 rings (SSSR count). The molecule has 1 aromatic rings. The molecular weight excluding hydrogens is 242 g/mol. The maximum Gasteiger partial charge on any atom is 0.250 e. The second-order valence-electron chi connectivity index (χ2n) is 3.04. The Morgan fingerprint density at radius 2 is 2.36 bits per heavy atom.